The molecule has 1 saturated heterocycles. The molecule has 1 aliphatic rings. The third-order valence-corrected chi connectivity index (χ3v) is 4.57. The number of carbonyl (C=O) groups excluding carboxylic acids is 1. The fourth-order valence-electron chi connectivity index (χ4n) is 3.32. The molecule has 1 aromatic heterocycles. The molecule has 146 valence electrons. The summed E-state index contributed by atoms with van der Waals surface area (Å²) in [4.78, 5) is 14.5. The maximum atomic E-state index is 12.2. The Hall–Kier alpha value is -2.58. The summed E-state index contributed by atoms with van der Waals surface area (Å²) in [6, 6.07) is 7.46. The van der Waals surface area contributed by atoms with Gasteiger partial charge in [0.1, 0.15) is 0 Å². The van der Waals surface area contributed by atoms with E-state index in [-0.39, 0.29) is 24.8 Å². The highest BCUT2D eigenvalue weighted by Gasteiger charge is 2.22. The number of nitrogens with one attached hydrogen (secondary N) is 2. The summed E-state index contributed by atoms with van der Waals surface area (Å²) in [5, 5.41) is 18.8. The van der Waals surface area contributed by atoms with E-state index in [0.717, 1.165) is 24.5 Å². The number of anilines is 3. The highest BCUT2D eigenvalue weighted by atomic mass is 16.5. The quantitative estimate of drug-likeness (QED) is 0.749. The summed E-state index contributed by atoms with van der Waals surface area (Å²) in [6.45, 7) is 8.11. The molecule has 2 amide bonds. The first-order valence-corrected chi connectivity index (χ1v) is 9.18. The molecule has 0 radical (unpaired) electrons. The van der Waals surface area contributed by atoms with Crippen LogP contribution in [-0.2, 0) is 11.3 Å². The number of rotatable bonds is 5. The molecule has 8 heteroatoms. The molecule has 0 spiro atoms. The van der Waals surface area contributed by atoms with Crippen molar-refractivity contribution in [2.24, 2.45) is 0 Å². The van der Waals surface area contributed by atoms with Gasteiger partial charge < -0.3 is 25.4 Å². The number of benzene rings is 1. The highest BCUT2D eigenvalue weighted by molar-refractivity contribution is 6.00. The van der Waals surface area contributed by atoms with Gasteiger partial charge in [-0.15, -0.1) is 0 Å². The lowest BCUT2D eigenvalue weighted by atomic mass is 10.2. The molecule has 0 saturated carbocycles. The van der Waals surface area contributed by atoms with Gasteiger partial charge in [0, 0.05) is 24.5 Å². The van der Waals surface area contributed by atoms with Gasteiger partial charge in [-0.05, 0) is 45.0 Å². The summed E-state index contributed by atoms with van der Waals surface area (Å²) in [6.07, 6.45) is 1.98. The second kappa shape index (κ2) is 8.41. The zero-order valence-corrected chi connectivity index (χ0v) is 16.0. The van der Waals surface area contributed by atoms with Gasteiger partial charge in [0.25, 0.3) is 0 Å². The molecule has 3 rings (SSSR count). The van der Waals surface area contributed by atoms with E-state index < -0.39 is 0 Å². The van der Waals surface area contributed by atoms with Crippen molar-refractivity contribution in [3.63, 3.8) is 0 Å². The largest absolute Gasteiger partial charge is 0.394 e. The van der Waals surface area contributed by atoms with Crippen LogP contribution in [0.15, 0.2) is 30.5 Å². The predicted molar refractivity (Wildman–Crippen MR) is 105 cm³/mol. The van der Waals surface area contributed by atoms with E-state index >= 15 is 0 Å². The Morgan fingerprint density at radius 2 is 1.89 bits per heavy atom. The lowest BCUT2D eigenvalue weighted by Gasteiger charge is -2.36. The lowest BCUT2D eigenvalue weighted by Crippen LogP contribution is -2.45. The third-order valence-electron chi connectivity index (χ3n) is 4.57. The minimum atomic E-state index is -0.331. The molecule has 2 heterocycles. The molecule has 27 heavy (non-hydrogen) atoms. The van der Waals surface area contributed by atoms with Crippen LogP contribution in [0, 0.1) is 6.92 Å². The van der Waals surface area contributed by atoms with E-state index in [2.05, 4.69) is 34.5 Å². The van der Waals surface area contributed by atoms with Crippen LogP contribution in [0.25, 0.3) is 0 Å². The zero-order valence-electron chi connectivity index (χ0n) is 16.0. The van der Waals surface area contributed by atoms with Gasteiger partial charge in [-0.25, -0.2) is 4.79 Å². The van der Waals surface area contributed by atoms with E-state index in [1.54, 1.807) is 10.9 Å². The van der Waals surface area contributed by atoms with Crippen LogP contribution in [0.5, 0.6) is 0 Å². The molecular formula is C19H27N5O3. The number of carbonyl (C=O) groups is 1. The molecule has 8 nitrogen and oxygen atoms in total. The first-order chi connectivity index (χ1) is 13.0. The number of hydrogen-bond donors (Lipinski definition) is 3. The normalized spacial score (nSPS) is 19.8. The number of hydrogen-bond acceptors (Lipinski definition) is 5. The van der Waals surface area contributed by atoms with Crippen LogP contribution in [0.4, 0.5) is 21.9 Å². The molecule has 1 fully saturated rings. The highest BCUT2D eigenvalue weighted by Crippen LogP contribution is 2.22. The molecule has 3 N–H and O–H groups in total. The minimum absolute atomic E-state index is 0.00119. The van der Waals surface area contributed by atoms with Crippen LogP contribution < -0.4 is 15.5 Å². The van der Waals surface area contributed by atoms with Gasteiger partial charge in [-0.3, -0.25) is 4.68 Å². The first kappa shape index (κ1) is 19.2. The summed E-state index contributed by atoms with van der Waals surface area (Å²) in [5.41, 5.74) is 3.24. The molecule has 1 aromatic carbocycles. The molecular weight excluding hydrogens is 346 g/mol. The van der Waals surface area contributed by atoms with Crippen molar-refractivity contribution in [1.29, 1.82) is 0 Å². The molecule has 0 aliphatic carbocycles. The maximum Gasteiger partial charge on any atom is 0.323 e. The Morgan fingerprint density at radius 1 is 1.22 bits per heavy atom. The van der Waals surface area contributed by atoms with Crippen molar-refractivity contribution >= 4 is 23.1 Å². The van der Waals surface area contributed by atoms with Crippen molar-refractivity contribution in [1.82, 2.24) is 9.78 Å². The molecule has 1 aliphatic heterocycles. The van der Waals surface area contributed by atoms with Crippen LogP contribution >= 0.6 is 0 Å². The van der Waals surface area contributed by atoms with Gasteiger partial charge in [-0.1, -0.05) is 0 Å². The van der Waals surface area contributed by atoms with Crippen molar-refractivity contribution in [3.8, 4) is 0 Å². The van der Waals surface area contributed by atoms with Crippen LogP contribution in [-0.4, -0.2) is 52.8 Å². The van der Waals surface area contributed by atoms with Gasteiger partial charge in [0.15, 0.2) is 0 Å². The second-order valence-electron chi connectivity index (χ2n) is 6.88. The molecule has 0 unspecified atom stereocenters. The number of aromatic nitrogens is 2. The maximum absolute atomic E-state index is 12.2. The van der Waals surface area contributed by atoms with Crippen LogP contribution in [0.1, 0.15) is 19.5 Å². The van der Waals surface area contributed by atoms with Crippen molar-refractivity contribution in [2.75, 3.05) is 35.2 Å². The standard InChI is InChI=1S/C19H27N5O3/c1-13-11-23(12-14(2)27-13)17-6-4-16(5-7-17)21-19(26)22-18-10-20-24(8-9-25)15(18)3/h4-7,10,13-14,25H,8-9,11-12H2,1-3H3,(H2,21,22,26)/t13-,14-/m1/s1. The van der Waals surface area contributed by atoms with E-state index in [4.69, 9.17) is 9.84 Å². The topological polar surface area (TPSA) is 91.7 Å². The number of urea groups is 1. The minimum Gasteiger partial charge on any atom is -0.394 e. The Labute approximate surface area is 159 Å². The second-order valence-corrected chi connectivity index (χ2v) is 6.88. The SMILES string of the molecule is Cc1c(NC(=O)Nc2ccc(N3C[C@@H](C)O[C@H](C)C3)cc2)cnn1CCO. The van der Waals surface area contributed by atoms with E-state index in [1.165, 1.54) is 0 Å². The Morgan fingerprint density at radius 3 is 2.52 bits per heavy atom. The number of aliphatic hydroxyl groups excluding tert-OH is 1. The number of morpholine rings is 1. The zero-order chi connectivity index (χ0) is 19.4. The summed E-state index contributed by atoms with van der Waals surface area (Å²) in [7, 11) is 0. The van der Waals surface area contributed by atoms with Crippen molar-refractivity contribution < 1.29 is 14.6 Å². The summed E-state index contributed by atoms with van der Waals surface area (Å²) < 4.78 is 7.42. The van der Waals surface area contributed by atoms with Crippen molar-refractivity contribution in [3.05, 3.63) is 36.2 Å². The summed E-state index contributed by atoms with van der Waals surface area (Å²) >= 11 is 0. The van der Waals surface area contributed by atoms with Gasteiger partial charge in [0.2, 0.25) is 0 Å². The number of amides is 2. The van der Waals surface area contributed by atoms with Crippen LogP contribution in [0.2, 0.25) is 0 Å². The fraction of sp³-hybridized carbons (Fsp3) is 0.474. The fourth-order valence-corrected chi connectivity index (χ4v) is 3.32. The van der Waals surface area contributed by atoms with E-state index in [1.807, 2.05) is 31.2 Å². The molecule has 2 atom stereocenters. The van der Waals surface area contributed by atoms with Gasteiger partial charge in [0.05, 0.1) is 42.9 Å². The lowest BCUT2D eigenvalue weighted by molar-refractivity contribution is -0.00521. The Bertz CT molecular complexity index is 764. The number of aliphatic hydroxyl groups is 1. The third kappa shape index (κ3) is 4.78. The summed E-state index contributed by atoms with van der Waals surface area (Å²) in [5.74, 6) is 0. The van der Waals surface area contributed by atoms with E-state index in [9.17, 15) is 4.79 Å². The predicted octanol–water partition coefficient (Wildman–Crippen LogP) is 2.44. The smallest absolute Gasteiger partial charge is 0.323 e. The van der Waals surface area contributed by atoms with Gasteiger partial charge in [-0.2, -0.15) is 5.10 Å². The average molecular weight is 373 g/mol. The average Bonchev–Trinajstić information content (AvgIpc) is 2.95. The molecule has 0 bridgehead atoms. The van der Waals surface area contributed by atoms with Gasteiger partial charge >= 0.3 is 6.03 Å². The van der Waals surface area contributed by atoms with E-state index in [0.29, 0.717) is 17.9 Å². The number of ether oxygens (including phenoxy) is 1. The first-order valence-electron chi connectivity index (χ1n) is 9.18. The van der Waals surface area contributed by atoms with Crippen molar-refractivity contribution in [2.45, 2.75) is 39.5 Å². The monoisotopic (exact) mass is 373 g/mol. The Balaban J connectivity index is 1.58. The van der Waals surface area contributed by atoms with Crippen LogP contribution in [0.3, 0.4) is 0 Å². The molecule has 2 aromatic rings. The Kier molecular flexibility index (Phi) is 5.98. The number of nitrogens with zero attached hydrogens (tertiary/aromatic N) is 3.